The summed E-state index contributed by atoms with van der Waals surface area (Å²) in [6.07, 6.45) is 4.41. The van der Waals surface area contributed by atoms with E-state index in [1.807, 2.05) is 16.8 Å². The van der Waals surface area contributed by atoms with Gasteiger partial charge in [0.2, 0.25) is 0 Å². The van der Waals surface area contributed by atoms with Gasteiger partial charge in [0.1, 0.15) is 5.69 Å². The van der Waals surface area contributed by atoms with Crippen LogP contribution in [-0.4, -0.2) is 41.5 Å². The van der Waals surface area contributed by atoms with Gasteiger partial charge in [0, 0.05) is 30.3 Å². The van der Waals surface area contributed by atoms with Crippen LogP contribution >= 0.6 is 15.9 Å². The Hall–Kier alpha value is -1.30. The van der Waals surface area contributed by atoms with Crippen LogP contribution in [0.1, 0.15) is 42.7 Å². The van der Waals surface area contributed by atoms with Crippen molar-refractivity contribution < 1.29 is 14.3 Å². The lowest BCUT2D eigenvalue weighted by molar-refractivity contribution is -0.143. The predicted octanol–water partition coefficient (Wildman–Crippen LogP) is 2.61. The van der Waals surface area contributed by atoms with Gasteiger partial charge in [0.15, 0.2) is 0 Å². The Morgan fingerprint density at radius 2 is 2.20 bits per heavy atom. The molecule has 1 aliphatic rings. The number of halogens is 1. The van der Waals surface area contributed by atoms with Crippen LogP contribution in [0.15, 0.2) is 16.7 Å². The molecule has 0 spiro atoms. The second-order valence-corrected chi connectivity index (χ2v) is 5.88. The van der Waals surface area contributed by atoms with Crippen LogP contribution in [0.4, 0.5) is 0 Å². The lowest BCUT2D eigenvalue weighted by Gasteiger charge is -2.17. The highest BCUT2D eigenvalue weighted by Gasteiger charge is 2.28. The summed E-state index contributed by atoms with van der Waals surface area (Å²) in [7, 11) is 1.71. The van der Waals surface area contributed by atoms with Crippen molar-refractivity contribution in [3.05, 3.63) is 22.4 Å². The zero-order valence-corrected chi connectivity index (χ0v) is 13.4. The van der Waals surface area contributed by atoms with E-state index in [-0.39, 0.29) is 18.3 Å². The highest BCUT2D eigenvalue weighted by Crippen LogP contribution is 2.37. The highest BCUT2D eigenvalue weighted by molar-refractivity contribution is 9.10. The summed E-state index contributed by atoms with van der Waals surface area (Å²) in [5, 5.41) is 0. The zero-order valence-electron chi connectivity index (χ0n) is 11.8. The molecule has 0 saturated heterocycles. The van der Waals surface area contributed by atoms with Gasteiger partial charge in [-0.1, -0.05) is 0 Å². The summed E-state index contributed by atoms with van der Waals surface area (Å²) in [4.78, 5) is 25.3. The van der Waals surface area contributed by atoms with Gasteiger partial charge in [0.25, 0.3) is 5.91 Å². The molecule has 0 aliphatic heterocycles. The summed E-state index contributed by atoms with van der Waals surface area (Å²) in [5.74, 6) is -0.335. The first kappa shape index (κ1) is 15.1. The maximum absolute atomic E-state index is 12.4. The molecule has 0 N–H and O–H groups in total. The number of hydrogen-bond acceptors (Lipinski definition) is 3. The monoisotopic (exact) mass is 342 g/mol. The van der Waals surface area contributed by atoms with Gasteiger partial charge >= 0.3 is 5.97 Å². The van der Waals surface area contributed by atoms with E-state index >= 15 is 0 Å². The van der Waals surface area contributed by atoms with Crippen LogP contribution in [0.5, 0.6) is 0 Å². The fourth-order valence-electron chi connectivity index (χ4n) is 2.06. The maximum Gasteiger partial charge on any atom is 0.307 e. The summed E-state index contributed by atoms with van der Waals surface area (Å²) in [5.41, 5.74) is 0.672. The van der Waals surface area contributed by atoms with Crippen molar-refractivity contribution in [2.75, 3.05) is 20.2 Å². The number of nitrogens with zero attached hydrogens (tertiary/aromatic N) is 2. The minimum Gasteiger partial charge on any atom is -0.466 e. The normalized spacial score (nSPS) is 14.2. The summed E-state index contributed by atoms with van der Waals surface area (Å²) >= 11 is 3.41. The number of aromatic nitrogens is 1. The van der Waals surface area contributed by atoms with Gasteiger partial charge in [-0.05, 0) is 41.8 Å². The lowest BCUT2D eigenvalue weighted by atomic mass is 10.3. The number of carbonyl (C=O) groups excluding carboxylic acids is 2. The summed E-state index contributed by atoms with van der Waals surface area (Å²) in [6.45, 7) is 2.51. The third-order valence-corrected chi connectivity index (χ3v) is 3.71. The van der Waals surface area contributed by atoms with Gasteiger partial charge in [-0.25, -0.2) is 0 Å². The summed E-state index contributed by atoms with van der Waals surface area (Å²) in [6, 6.07) is 2.28. The van der Waals surface area contributed by atoms with Crippen LogP contribution in [0.3, 0.4) is 0 Å². The number of ether oxygens (including phenoxy) is 1. The van der Waals surface area contributed by atoms with Gasteiger partial charge in [-0.2, -0.15) is 0 Å². The predicted molar refractivity (Wildman–Crippen MR) is 78.6 cm³/mol. The van der Waals surface area contributed by atoms with E-state index in [1.165, 1.54) is 0 Å². The molecule has 1 saturated carbocycles. The van der Waals surface area contributed by atoms with E-state index in [9.17, 15) is 9.59 Å². The van der Waals surface area contributed by atoms with E-state index in [4.69, 9.17) is 4.74 Å². The van der Waals surface area contributed by atoms with Gasteiger partial charge in [0.05, 0.1) is 13.0 Å². The Balaban J connectivity index is 1.98. The molecule has 0 atom stereocenters. The molecule has 20 heavy (non-hydrogen) atoms. The van der Waals surface area contributed by atoms with Crippen molar-refractivity contribution in [1.29, 1.82) is 0 Å². The first-order valence-corrected chi connectivity index (χ1v) is 7.60. The van der Waals surface area contributed by atoms with Gasteiger partial charge < -0.3 is 14.2 Å². The quantitative estimate of drug-likeness (QED) is 0.746. The van der Waals surface area contributed by atoms with Gasteiger partial charge in [-0.3, -0.25) is 9.59 Å². The molecule has 0 radical (unpaired) electrons. The third kappa shape index (κ3) is 3.62. The van der Waals surface area contributed by atoms with Crippen molar-refractivity contribution in [1.82, 2.24) is 9.47 Å². The van der Waals surface area contributed by atoms with Crippen molar-refractivity contribution >= 4 is 27.8 Å². The molecule has 1 heterocycles. The first-order valence-electron chi connectivity index (χ1n) is 6.81. The first-order chi connectivity index (χ1) is 9.52. The molecule has 1 fully saturated rings. The van der Waals surface area contributed by atoms with Crippen molar-refractivity contribution in [2.45, 2.75) is 32.2 Å². The second-order valence-electron chi connectivity index (χ2n) is 4.96. The number of carbonyl (C=O) groups is 2. The topological polar surface area (TPSA) is 51.5 Å². The Labute approximate surface area is 127 Å². The number of rotatable bonds is 6. The Bertz CT molecular complexity index is 509. The molecule has 6 heteroatoms. The third-order valence-electron chi connectivity index (χ3n) is 3.28. The number of hydrogen-bond donors (Lipinski definition) is 0. The van der Waals surface area contributed by atoms with Crippen LogP contribution in [0.2, 0.25) is 0 Å². The minimum absolute atomic E-state index is 0.0631. The van der Waals surface area contributed by atoms with Crippen LogP contribution in [0.25, 0.3) is 0 Å². The molecule has 1 amide bonds. The molecule has 1 aromatic heterocycles. The molecule has 1 aliphatic carbocycles. The second kappa shape index (κ2) is 6.43. The van der Waals surface area contributed by atoms with Crippen LogP contribution in [0, 0.1) is 0 Å². The largest absolute Gasteiger partial charge is 0.466 e. The fourth-order valence-corrected chi connectivity index (χ4v) is 2.50. The molecule has 0 unspecified atom stereocenters. The van der Waals surface area contributed by atoms with E-state index in [0.717, 1.165) is 17.3 Å². The van der Waals surface area contributed by atoms with Gasteiger partial charge in [-0.15, -0.1) is 0 Å². The maximum atomic E-state index is 12.4. The highest BCUT2D eigenvalue weighted by atomic mass is 79.9. The van der Waals surface area contributed by atoms with Crippen molar-refractivity contribution in [3.63, 3.8) is 0 Å². The molecule has 1 aromatic rings. The Kier molecular flexibility index (Phi) is 4.86. The number of amides is 1. The Morgan fingerprint density at radius 1 is 1.50 bits per heavy atom. The molecular formula is C14H19BrN2O3. The molecule has 2 rings (SSSR count). The molecular weight excluding hydrogens is 324 g/mol. The lowest BCUT2D eigenvalue weighted by Crippen LogP contribution is -2.30. The molecule has 110 valence electrons. The molecule has 5 nitrogen and oxygen atoms in total. The van der Waals surface area contributed by atoms with E-state index in [0.29, 0.717) is 24.9 Å². The van der Waals surface area contributed by atoms with Crippen molar-refractivity contribution in [3.8, 4) is 0 Å². The standard InChI is InChI=1S/C14H19BrN2O3/c1-3-20-13(18)6-7-16(2)14(19)12-8-10(15)9-17(12)11-4-5-11/h8-9,11H,3-7H2,1-2H3. The van der Waals surface area contributed by atoms with Crippen LogP contribution in [-0.2, 0) is 9.53 Å². The fraction of sp³-hybridized carbons (Fsp3) is 0.571. The molecule has 0 bridgehead atoms. The number of esters is 1. The van der Waals surface area contributed by atoms with Crippen molar-refractivity contribution in [2.24, 2.45) is 0 Å². The minimum atomic E-state index is -0.272. The molecule has 0 aromatic carbocycles. The smallest absolute Gasteiger partial charge is 0.307 e. The Morgan fingerprint density at radius 3 is 2.80 bits per heavy atom. The SMILES string of the molecule is CCOC(=O)CCN(C)C(=O)c1cc(Br)cn1C1CC1. The average Bonchev–Trinajstić information content (AvgIpc) is 3.18. The van der Waals surface area contributed by atoms with E-state index in [2.05, 4.69) is 15.9 Å². The van der Waals surface area contributed by atoms with E-state index in [1.54, 1.807) is 18.9 Å². The average molecular weight is 343 g/mol. The van der Waals surface area contributed by atoms with Crippen LogP contribution < -0.4 is 0 Å². The zero-order chi connectivity index (χ0) is 14.7. The van der Waals surface area contributed by atoms with E-state index < -0.39 is 0 Å². The summed E-state index contributed by atoms with van der Waals surface area (Å²) < 4.78 is 7.79.